The van der Waals surface area contributed by atoms with Crippen LogP contribution >= 0.6 is 35.6 Å². The average molecular weight is 564 g/mol. The van der Waals surface area contributed by atoms with E-state index in [0.29, 0.717) is 16.5 Å². The number of hydrogen-bond acceptors (Lipinski definition) is 5. The number of halogens is 3. The molecule has 0 aromatic heterocycles. The second-order valence-electron chi connectivity index (χ2n) is 9.53. The fraction of sp³-hybridized carbons (Fsp3) is 0.480. The summed E-state index contributed by atoms with van der Waals surface area (Å²) in [6, 6.07) is 13.3. The number of rotatable bonds is 7. The minimum Gasteiger partial charge on any atom is -0.357 e. The molecule has 35 heavy (non-hydrogen) atoms. The van der Waals surface area contributed by atoms with E-state index in [9.17, 15) is 13.2 Å². The summed E-state index contributed by atoms with van der Waals surface area (Å²) >= 11 is 12.4. The van der Waals surface area contributed by atoms with Crippen LogP contribution in [-0.4, -0.2) is 48.4 Å². The van der Waals surface area contributed by atoms with Gasteiger partial charge in [-0.05, 0) is 62.6 Å². The number of amides is 1. The minimum atomic E-state index is -3.52. The standard InChI is InChI=1S/C25H32Cl2N2O4S.ClH/c1-5-20(15-34(31,32)25(2,3)4)29-22(16-9-11-18(26)12-10-16)23(33-21(14-28)24(29)30)17-7-6-8-19(27)13-17;/h6-13,20-23H,5,14-15,28H2,1-4H3;1H. The minimum absolute atomic E-state index is 0. The number of benzene rings is 2. The van der Waals surface area contributed by atoms with Gasteiger partial charge in [-0.3, -0.25) is 4.79 Å². The predicted octanol–water partition coefficient (Wildman–Crippen LogP) is 5.38. The normalized spacial score (nSPS) is 22.0. The largest absolute Gasteiger partial charge is 0.357 e. The van der Waals surface area contributed by atoms with Crippen molar-refractivity contribution in [3.8, 4) is 0 Å². The Morgan fingerprint density at radius 3 is 2.20 bits per heavy atom. The third kappa shape index (κ3) is 6.51. The lowest BCUT2D eigenvalue weighted by atomic mass is 9.90. The van der Waals surface area contributed by atoms with Crippen LogP contribution in [0.15, 0.2) is 48.5 Å². The molecule has 2 aromatic carbocycles. The summed E-state index contributed by atoms with van der Waals surface area (Å²) in [6.07, 6.45) is -1.05. The highest BCUT2D eigenvalue weighted by Crippen LogP contribution is 2.44. The third-order valence-corrected chi connectivity index (χ3v) is 9.42. The van der Waals surface area contributed by atoms with Crippen molar-refractivity contribution in [3.63, 3.8) is 0 Å². The van der Waals surface area contributed by atoms with E-state index in [1.165, 1.54) is 0 Å². The molecule has 0 saturated carbocycles. The van der Waals surface area contributed by atoms with Crippen molar-refractivity contribution in [1.82, 2.24) is 4.90 Å². The topological polar surface area (TPSA) is 89.7 Å². The summed E-state index contributed by atoms with van der Waals surface area (Å²) in [7, 11) is -3.52. The van der Waals surface area contributed by atoms with Crippen molar-refractivity contribution in [3.05, 3.63) is 69.7 Å². The summed E-state index contributed by atoms with van der Waals surface area (Å²) in [5.41, 5.74) is 7.49. The molecule has 0 bridgehead atoms. The Bertz CT molecular complexity index is 1120. The highest BCUT2D eigenvalue weighted by molar-refractivity contribution is 7.92. The van der Waals surface area contributed by atoms with Crippen LogP contribution in [0.4, 0.5) is 0 Å². The SMILES string of the molecule is CCC(CS(=O)(=O)C(C)(C)C)N1C(=O)C(CN)OC(c2cccc(Cl)c2)C1c1ccc(Cl)cc1.Cl. The van der Waals surface area contributed by atoms with Gasteiger partial charge in [-0.25, -0.2) is 8.42 Å². The number of nitrogens with two attached hydrogens (primary N) is 1. The zero-order chi connectivity index (χ0) is 25.3. The molecule has 1 amide bonds. The molecule has 0 aliphatic carbocycles. The van der Waals surface area contributed by atoms with Gasteiger partial charge in [0.05, 0.1) is 16.5 Å². The van der Waals surface area contributed by atoms with E-state index in [2.05, 4.69) is 0 Å². The summed E-state index contributed by atoms with van der Waals surface area (Å²) in [5.74, 6) is -0.487. The lowest BCUT2D eigenvalue weighted by Crippen LogP contribution is -2.58. The summed E-state index contributed by atoms with van der Waals surface area (Å²) in [5, 5.41) is 1.09. The summed E-state index contributed by atoms with van der Waals surface area (Å²) < 4.78 is 31.7. The maximum absolute atomic E-state index is 13.7. The number of morpholine rings is 1. The molecule has 1 heterocycles. The molecule has 1 aliphatic rings. The molecule has 1 saturated heterocycles. The van der Waals surface area contributed by atoms with E-state index in [1.54, 1.807) is 49.9 Å². The molecule has 1 aliphatic heterocycles. The van der Waals surface area contributed by atoms with E-state index in [1.807, 2.05) is 31.2 Å². The Morgan fingerprint density at radius 1 is 1.06 bits per heavy atom. The van der Waals surface area contributed by atoms with Crippen molar-refractivity contribution < 1.29 is 17.9 Å². The second-order valence-corrected chi connectivity index (χ2v) is 13.2. The molecule has 2 aromatic rings. The van der Waals surface area contributed by atoms with Crippen LogP contribution in [0.3, 0.4) is 0 Å². The van der Waals surface area contributed by atoms with Crippen molar-refractivity contribution in [2.45, 2.75) is 63.2 Å². The van der Waals surface area contributed by atoms with E-state index in [0.717, 1.165) is 11.1 Å². The van der Waals surface area contributed by atoms with Gasteiger partial charge in [-0.2, -0.15) is 0 Å². The third-order valence-electron chi connectivity index (χ3n) is 6.24. The highest BCUT2D eigenvalue weighted by Gasteiger charge is 2.47. The predicted molar refractivity (Wildman–Crippen MR) is 144 cm³/mol. The zero-order valence-corrected chi connectivity index (χ0v) is 23.4. The van der Waals surface area contributed by atoms with Crippen molar-refractivity contribution >= 4 is 51.4 Å². The average Bonchev–Trinajstić information content (AvgIpc) is 2.77. The second kappa shape index (κ2) is 11.8. The van der Waals surface area contributed by atoms with E-state index in [4.69, 9.17) is 33.7 Å². The Morgan fingerprint density at radius 2 is 1.69 bits per heavy atom. The van der Waals surface area contributed by atoms with Gasteiger partial charge in [0.2, 0.25) is 0 Å². The molecule has 1 fully saturated rings. The molecule has 194 valence electrons. The van der Waals surface area contributed by atoms with Crippen molar-refractivity contribution in [2.24, 2.45) is 5.73 Å². The number of carbonyl (C=O) groups excluding carboxylic acids is 1. The van der Waals surface area contributed by atoms with Crippen molar-refractivity contribution in [1.29, 1.82) is 0 Å². The van der Waals surface area contributed by atoms with Crippen LogP contribution in [0.1, 0.15) is 57.4 Å². The Balaban J connectivity index is 0.00000432. The quantitative estimate of drug-likeness (QED) is 0.489. The molecule has 6 nitrogen and oxygen atoms in total. The molecule has 2 N–H and O–H groups in total. The molecule has 0 radical (unpaired) electrons. The first kappa shape index (κ1) is 29.9. The monoisotopic (exact) mass is 562 g/mol. The summed E-state index contributed by atoms with van der Waals surface area (Å²) in [4.78, 5) is 15.3. The number of hydrogen-bond donors (Lipinski definition) is 1. The first-order valence-corrected chi connectivity index (χ1v) is 13.7. The fourth-order valence-corrected chi connectivity index (χ4v) is 5.89. The molecule has 10 heteroatoms. The van der Waals surface area contributed by atoms with Gasteiger partial charge in [0.25, 0.3) is 5.91 Å². The van der Waals surface area contributed by atoms with Gasteiger partial charge in [-0.1, -0.05) is 54.4 Å². The van der Waals surface area contributed by atoms with Crippen molar-refractivity contribution in [2.75, 3.05) is 12.3 Å². The molecule has 3 rings (SSSR count). The smallest absolute Gasteiger partial charge is 0.253 e. The Labute approximate surface area is 224 Å². The first-order valence-electron chi connectivity index (χ1n) is 11.3. The maximum atomic E-state index is 13.7. The van der Waals surface area contributed by atoms with Gasteiger partial charge < -0.3 is 15.4 Å². The van der Waals surface area contributed by atoms with Crippen LogP contribution in [0, 0.1) is 0 Å². The van der Waals surface area contributed by atoms with Gasteiger partial charge in [0, 0.05) is 22.6 Å². The lowest BCUT2D eigenvalue weighted by molar-refractivity contribution is -0.177. The van der Waals surface area contributed by atoms with Crippen LogP contribution in [0.5, 0.6) is 0 Å². The number of sulfone groups is 1. The number of ether oxygens (including phenoxy) is 1. The molecular formula is C25H33Cl3N2O4S. The van der Waals surface area contributed by atoms with Gasteiger partial charge in [0.15, 0.2) is 9.84 Å². The van der Waals surface area contributed by atoms with Crippen LogP contribution in [0.25, 0.3) is 0 Å². The molecular weight excluding hydrogens is 531 g/mol. The lowest BCUT2D eigenvalue weighted by Gasteiger charge is -2.48. The van der Waals surface area contributed by atoms with Gasteiger partial charge in [-0.15, -0.1) is 12.4 Å². The molecule has 4 atom stereocenters. The number of carbonyl (C=O) groups is 1. The van der Waals surface area contributed by atoms with E-state index >= 15 is 0 Å². The van der Waals surface area contributed by atoms with Gasteiger partial charge >= 0.3 is 0 Å². The van der Waals surface area contributed by atoms with Crippen LogP contribution in [-0.2, 0) is 19.4 Å². The highest BCUT2D eigenvalue weighted by atomic mass is 35.5. The van der Waals surface area contributed by atoms with E-state index < -0.39 is 38.9 Å². The van der Waals surface area contributed by atoms with Crippen LogP contribution in [0.2, 0.25) is 10.0 Å². The van der Waals surface area contributed by atoms with E-state index in [-0.39, 0.29) is 30.6 Å². The maximum Gasteiger partial charge on any atom is 0.253 e. The zero-order valence-electron chi connectivity index (χ0n) is 20.3. The summed E-state index contributed by atoms with van der Waals surface area (Å²) in [6.45, 7) is 6.87. The molecule has 0 spiro atoms. The molecule has 4 unspecified atom stereocenters. The fourth-order valence-electron chi connectivity index (χ4n) is 4.16. The number of nitrogens with zero attached hydrogens (tertiary/aromatic N) is 1. The van der Waals surface area contributed by atoms with Gasteiger partial charge in [0.1, 0.15) is 12.2 Å². The Kier molecular flexibility index (Phi) is 10.1. The first-order chi connectivity index (χ1) is 15.9. The van der Waals surface area contributed by atoms with Crippen LogP contribution < -0.4 is 5.73 Å². The Hall–Kier alpha value is -1.35.